The van der Waals surface area contributed by atoms with Gasteiger partial charge >= 0.3 is 0 Å². The lowest BCUT2D eigenvalue weighted by atomic mass is 10.0. The zero-order valence-corrected chi connectivity index (χ0v) is 18.8. The highest BCUT2D eigenvalue weighted by molar-refractivity contribution is 7.80. The Morgan fingerprint density at radius 1 is 1.23 bits per heavy atom. The quantitative estimate of drug-likeness (QED) is 0.518. The van der Waals surface area contributed by atoms with E-state index >= 15 is 0 Å². The average Bonchev–Trinajstić information content (AvgIpc) is 3.52. The minimum absolute atomic E-state index is 0.102. The number of aromatic nitrogens is 1. The topological polar surface area (TPSA) is 50.5 Å². The summed E-state index contributed by atoms with van der Waals surface area (Å²) >= 11 is 12.0. The average molecular weight is 454 g/mol. The standard InChI is InChI=1S/C24H24ClN3O2S/c1-15-7-8-16(25)13-18(15)20-9-10-21(30-20)23-22(19-6-2-3-11-26-19)27-24(31)28(23)14-17-5-4-12-29-17/h2-3,6-11,13,17,22-23H,4-5,12,14H2,1H3,(H,27,31)/t17-,22+,23+/m0/s1. The summed E-state index contributed by atoms with van der Waals surface area (Å²) in [5.74, 6) is 1.64. The molecule has 4 heterocycles. The van der Waals surface area contributed by atoms with Gasteiger partial charge in [0.25, 0.3) is 0 Å². The van der Waals surface area contributed by atoms with E-state index in [1.54, 1.807) is 0 Å². The van der Waals surface area contributed by atoms with Crippen LogP contribution in [0.15, 0.2) is 59.1 Å². The molecule has 0 bridgehead atoms. The SMILES string of the molecule is Cc1ccc(Cl)cc1-c1ccc([C@@H]2[C@@H](c3ccccn3)NC(=S)N2C[C@@H]2CCCO2)o1. The maximum atomic E-state index is 6.42. The molecule has 2 aromatic heterocycles. The van der Waals surface area contributed by atoms with Gasteiger partial charge in [0.15, 0.2) is 5.11 Å². The number of halogens is 1. The number of hydrogen-bond acceptors (Lipinski definition) is 4. The Balaban J connectivity index is 1.52. The van der Waals surface area contributed by atoms with Gasteiger partial charge in [0.05, 0.1) is 17.8 Å². The van der Waals surface area contributed by atoms with Crippen LogP contribution in [-0.4, -0.2) is 34.3 Å². The Labute approximate surface area is 192 Å². The third kappa shape index (κ3) is 4.07. The largest absolute Gasteiger partial charge is 0.459 e. The minimum Gasteiger partial charge on any atom is -0.459 e. The first-order valence-electron chi connectivity index (χ1n) is 10.6. The Morgan fingerprint density at radius 2 is 2.13 bits per heavy atom. The molecular formula is C24H24ClN3O2S. The van der Waals surface area contributed by atoms with Crippen LogP contribution in [0.1, 0.15) is 41.9 Å². The molecule has 0 aliphatic carbocycles. The number of ether oxygens (including phenoxy) is 1. The van der Waals surface area contributed by atoms with Gasteiger partial charge in [-0.05, 0) is 73.9 Å². The molecule has 2 aliphatic heterocycles. The van der Waals surface area contributed by atoms with Gasteiger partial charge in [-0.3, -0.25) is 4.98 Å². The summed E-state index contributed by atoms with van der Waals surface area (Å²) in [5.41, 5.74) is 3.04. The van der Waals surface area contributed by atoms with Gasteiger partial charge in [-0.1, -0.05) is 23.7 Å². The summed E-state index contributed by atoms with van der Waals surface area (Å²) in [7, 11) is 0. The van der Waals surface area contributed by atoms with Crippen molar-refractivity contribution in [3.63, 3.8) is 0 Å². The third-order valence-corrected chi connectivity index (χ3v) is 6.59. The highest BCUT2D eigenvalue weighted by Crippen LogP contribution is 2.41. The summed E-state index contributed by atoms with van der Waals surface area (Å²) in [6.07, 6.45) is 4.12. The molecule has 160 valence electrons. The molecule has 2 aliphatic rings. The molecule has 5 nitrogen and oxygen atoms in total. The van der Waals surface area contributed by atoms with E-state index in [2.05, 4.69) is 22.1 Å². The lowest BCUT2D eigenvalue weighted by Crippen LogP contribution is -2.36. The van der Waals surface area contributed by atoms with Gasteiger partial charge in [-0.2, -0.15) is 0 Å². The van der Waals surface area contributed by atoms with E-state index in [0.29, 0.717) is 10.1 Å². The second-order valence-corrected chi connectivity index (χ2v) is 8.90. The van der Waals surface area contributed by atoms with Crippen molar-refractivity contribution in [3.05, 3.63) is 76.8 Å². The van der Waals surface area contributed by atoms with Gasteiger partial charge < -0.3 is 19.4 Å². The molecule has 2 saturated heterocycles. The lowest BCUT2D eigenvalue weighted by Gasteiger charge is -2.28. The minimum atomic E-state index is -0.111. The number of aryl methyl sites for hydroxylation is 1. The zero-order chi connectivity index (χ0) is 21.4. The maximum absolute atomic E-state index is 6.42. The van der Waals surface area contributed by atoms with Crippen molar-refractivity contribution in [2.75, 3.05) is 13.2 Å². The van der Waals surface area contributed by atoms with Crippen molar-refractivity contribution < 1.29 is 9.15 Å². The summed E-state index contributed by atoms with van der Waals surface area (Å²) in [6, 6.07) is 15.6. The number of thiocarbonyl (C=S) groups is 1. The summed E-state index contributed by atoms with van der Waals surface area (Å²) in [5, 5.41) is 4.86. The van der Waals surface area contributed by atoms with Crippen LogP contribution < -0.4 is 5.32 Å². The number of nitrogens with zero attached hydrogens (tertiary/aromatic N) is 2. The van der Waals surface area contributed by atoms with E-state index in [1.165, 1.54) is 0 Å². The molecular weight excluding hydrogens is 430 g/mol. The predicted octanol–water partition coefficient (Wildman–Crippen LogP) is 5.45. The van der Waals surface area contributed by atoms with Crippen molar-refractivity contribution >= 4 is 28.9 Å². The molecule has 1 aromatic carbocycles. The van der Waals surface area contributed by atoms with E-state index in [9.17, 15) is 0 Å². The third-order valence-electron chi connectivity index (χ3n) is 6.01. The molecule has 3 aromatic rings. The summed E-state index contributed by atoms with van der Waals surface area (Å²) < 4.78 is 12.3. The molecule has 5 rings (SSSR count). The smallest absolute Gasteiger partial charge is 0.170 e. The maximum Gasteiger partial charge on any atom is 0.170 e. The van der Waals surface area contributed by atoms with Gasteiger partial charge in [0.2, 0.25) is 0 Å². The van der Waals surface area contributed by atoms with Crippen molar-refractivity contribution in [1.82, 2.24) is 15.2 Å². The van der Waals surface area contributed by atoms with Gasteiger partial charge in [0.1, 0.15) is 17.6 Å². The second-order valence-electron chi connectivity index (χ2n) is 8.08. The predicted molar refractivity (Wildman–Crippen MR) is 125 cm³/mol. The molecule has 3 atom stereocenters. The van der Waals surface area contributed by atoms with E-state index < -0.39 is 0 Å². The van der Waals surface area contributed by atoms with Crippen molar-refractivity contribution in [1.29, 1.82) is 0 Å². The first kappa shape index (κ1) is 20.5. The van der Waals surface area contributed by atoms with Crippen molar-refractivity contribution in [3.8, 4) is 11.3 Å². The van der Waals surface area contributed by atoms with Crippen LogP contribution in [-0.2, 0) is 4.74 Å². The molecule has 0 radical (unpaired) electrons. The van der Waals surface area contributed by atoms with Crippen LogP contribution in [0, 0.1) is 6.92 Å². The fraction of sp³-hybridized carbons (Fsp3) is 0.333. The van der Waals surface area contributed by atoms with E-state index in [-0.39, 0.29) is 18.2 Å². The van der Waals surface area contributed by atoms with Crippen LogP contribution in [0.4, 0.5) is 0 Å². The Kier molecular flexibility index (Phi) is 5.69. The number of benzene rings is 1. The fourth-order valence-electron chi connectivity index (χ4n) is 4.44. The molecule has 0 spiro atoms. The zero-order valence-electron chi connectivity index (χ0n) is 17.3. The van der Waals surface area contributed by atoms with Crippen LogP contribution in [0.2, 0.25) is 5.02 Å². The number of nitrogens with one attached hydrogen (secondary N) is 1. The highest BCUT2D eigenvalue weighted by Gasteiger charge is 2.42. The first-order chi connectivity index (χ1) is 15.1. The number of hydrogen-bond donors (Lipinski definition) is 1. The molecule has 0 saturated carbocycles. The molecule has 31 heavy (non-hydrogen) atoms. The monoisotopic (exact) mass is 453 g/mol. The first-order valence-corrected chi connectivity index (χ1v) is 11.3. The van der Waals surface area contributed by atoms with E-state index in [0.717, 1.165) is 54.3 Å². The molecule has 0 unspecified atom stereocenters. The Bertz CT molecular complexity index is 1080. The lowest BCUT2D eigenvalue weighted by molar-refractivity contribution is 0.0818. The fourth-order valence-corrected chi connectivity index (χ4v) is 4.92. The van der Waals surface area contributed by atoms with Crippen LogP contribution in [0.5, 0.6) is 0 Å². The van der Waals surface area contributed by atoms with Gasteiger partial charge in [-0.15, -0.1) is 0 Å². The number of pyridine rings is 1. The van der Waals surface area contributed by atoms with E-state index in [1.807, 2.05) is 54.7 Å². The second kappa shape index (κ2) is 8.61. The van der Waals surface area contributed by atoms with E-state index in [4.69, 9.17) is 33.0 Å². The van der Waals surface area contributed by atoms with Gasteiger partial charge in [-0.25, -0.2) is 0 Å². The van der Waals surface area contributed by atoms with Crippen LogP contribution in [0.3, 0.4) is 0 Å². The molecule has 0 amide bonds. The number of furan rings is 1. The van der Waals surface area contributed by atoms with Crippen molar-refractivity contribution in [2.24, 2.45) is 0 Å². The Morgan fingerprint density at radius 3 is 2.90 bits per heavy atom. The molecule has 7 heteroatoms. The van der Waals surface area contributed by atoms with Gasteiger partial charge in [0, 0.05) is 29.9 Å². The summed E-state index contributed by atoms with van der Waals surface area (Å²) in [6.45, 7) is 3.60. The summed E-state index contributed by atoms with van der Waals surface area (Å²) in [4.78, 5) is 6.78. The molecule has 1 N–H and O–H groups in total. The number of rotatable bonds is 5. The molecule has 2 fully saturated rings. The normalized spacial score (nSPS) is 23.4. The van der Waals surface area contributed by atoms with Crippen molar-refractivity contribution in [2.45, 2.75) is 38.0 Å². The van der Waals surface area contributed by atoms with Crippen LogP contribution >= 0.6 is 23.8 Å². The Hall–Kier alpha value is -2.41. The highest BCUT2D eigenvalue weighted by atomic mass is 35.5. The van der Waals surface area contributed by atoms with Crippen LogP contribution in [0.25, 0.3) is 11.3 Å².